The fourth-order valence-electron chi connectivity index (χ4n) is 4.21. The third-order valence-corrected chi connectivity index (χ3v) is 6.38. The second-order valence-electron chi connectivity index (χ2n) is 9.29. The molecule has 0 radical (unpaired) electrons. The van der Waals surface area contributed by atoms with Crippen molar-refractivity contribution < 1.29 is 27.8 Å². The zero-order valence-electron chi connectivity index (χ0n) is 20.8. The molecule has 0 fully saturated rings. The Morgan fingerprint density at radius 3 is 2.09 bits per heavy atom. The molecule has 188 valence electrons. The number of alkyl halides is 3. The van der Waals surface area contributed by atoms with Gasteiger partial charge in [0.1, 0.15) is 5.75 Å². The molecule has 0 aliphatic heterocycles. The van der Waals surface area contributed by atoms with Crippen molar-refractivity contribution in [3.05, 3.63) is 70.4 Å². The minimum Gasteiger partial charge on any atom is -0.478 e. The second-order valence-corrected chi connectivity index (χ2v) is 9.29. The average Bonchev–Trinajstić information content (AvgIpc) is 3.08. The van der Waals surface area contributed by atoms with Crippen molar-refractivity contribution >= 4 is 5.97 Å². The van der Waals surface area contributed by atoms with Crippen LogP contribution in [0.25, 0.3) is 11.3 Å². The number of rotatable bonds is 7. The molecule has 3 aromatic rings. The van der Waals surface area contributed by atoms with Gasteiger partial charge < -0.3 is 15.2 Å². The van der Waals surface area contributed by atoms with Gasteiger partial charge >= 0.3 is 12.1 Å². The van der Waals surface area contributed by atoms with Crippen molar-refractivity contribution in [2.24, 2.45) is 7.05 Å². The molecule has 0 amide bonds. The molecular weight excluding hydrogens is 459 g/mol. The number of nitrogens with zero attached hydrogens (tertiary/aromatic N) is 2. The van der Waals surface area contributed by atoms with Crippen molar-refractivity contribution in [2.75, 3.05) is 7.05 Å². The normalized spacial score (nSPS) is 14.0. The van der Waals surface area contributed by atoms with Crippen molar-refractivity contribution in [1.29, 1.82) is 0 Å². The van der Waals surface area contributed by atoms with E-state index in [1.165, 1.54) is 26.0 Å². The maximum Gasteiger partial charge on any atom is 0.416 e. The summed E-state index contributed by atoms with van der Waals surface area (Å²) in [6.07, 6.45) is -4.40. The highest BCUT2D eigenvalue weighted by Gasteiger charge is 2.35. The van der Waals surface area contributed by atoms with Gasteiger partial charge in [0.25, 0.3) is 0 Å². The molecule has 0 bridgehead atoms. The van der Waals surface area contributed by atoms with Crippen LogP contribution in [0.3, 0.4) is 0 Å². The van der Waals surface area contributed by atoms with Crippen LogP contribution in [0.1, 0.15) is 48.7 Å². The zero-order chi connectivity index (χ0) is 26.3. The number of hydrogen-bond donors (Lipinski definition) is 2. The number of halogens is 3. The SMILES string of the molecule is CNC(C)(c1ccc(OC(C)(C)C(=O)O)c(C)c1)c1c(C)c(-c2ccc(C(F)(F)F)cc2)nn1C. The Balaban J connectivity index is 2.04. The van der Waals surface area contributed by atoms with E-state index < -0.39 is 28.8 Å². The van der Waals surface area contributed by atoms with E-state index in [1.54, 1.807) is 17.8 Å². The van der Waals surface area contributed by atoms with Crippen molar-refractivity contribution in [1.82, 2.24) is 15.1 Å². The van der Waals surface area contributed by atoms with Gasteiger partial charge in [-0.15, -0.1) is 0 Å². The number of carbonyl (C=O) groups is 1. The topological polar surface area (TPSA) is 76.4 Å². The Hall–Kier alpha value is -3.33. The maximum absolute atomic E-state index is 13.0. The van der Waals surface area contributed by atoms with Crippen LogP contribution in [-0.2, 0) is 23.6 Å². The highest BCUT2D eigenvalue weighted by molar-refractivity contribution is 5.77. The third-order valence-electron chi connectivity index (χ3n) is 6.38. The van der Waals surface area contributed by atoms with E-state index in [0.29, 0.717) is 17.0 Å². The molecule has 2 N–H and O–H groups in total. The average molecular weight is 490 g/mol. The van der Waals surface area contributed by atoms with E-state index in [4.69, 9.17) is 4.74 Å². The summed E-state index contributed by atoms with van der Waals surface area (Å²) in [6.45, 7) is 8.70. The Morgan fingerprint density at radius 2 is 1.60 bits per heavy atom. The highest BCUT2D eigenvalue weighted by atomic mass is 19.4. The van der Waals surface area contributed by atoms with E-state index in [1.807, 2.05) is 40.0 Å². The number of carboxylic acid groups (broad SMARTS) is 1. The standard InChI is InChI=1S/C26H30F3N3O3/c1-15-14-19(12-13-20(15)35-24(3,4)23(33)34)25(5,30-6)22-16(2)21(31-32(22)7)17-8-10-18(11-9-17)26(27,28)29/h8-14,30H,1-7H3,(H,33,34). The molecule has 6 nitrogen and oxygen atoms in total. The molecule has 3 rings (SSSR count). The van der Waals surface area contributed by atoms with Crippen LogP contribution in [0.2, 0.25) is 0 Å². The molecule has 0 saturated carbocycles. The van der Waals surface area contributed by atoms with Crippen LogP contribution in [0.15, 0.2) is 42.5 Å². The van der Waals surface area contributed by atoms with Crippen molar-refractivity contribution in [3.63, 3.8) is 0 Å². The maximum atomic E-state index is 13.0. The number of aryl methyl sites for hydroxylation is 2. The van der Waals surface area contributed by atoms with Crippen LogP contribution in [0.5, 0.6) is 5.75 Å². The molecule has 0 saturated heterocycles. The molecule has 1 unspecified atom stereocenters. The molecule has 0 spiro atoms. The Morgan fingerprint density at radius 1 is 1.03 bits per heavy atom. The zero-order valence-corrected chi connectivity index (χ0v) is 20.8. The molecule has 1 heterocycles. The van der Waals surface area contributed by atoms with E-state index >= 15 is 0 Å². The molecule has 9 heteroatoms. The first-order valence-electron chi connectivity index (χ1n) is 11.1. The number of aliphatic carboxylic acids is 1. The lowest BCUT2D eigenvalue weighted by molar-refractivity contribution is -0.152. The predicted molar refractivity (Wildman–Crippen MR) is 127 cm³/mol. The van der Waals surface area contributed by atoms with Gasteiger partial charge in [-0.3, -0.25) is 4.68 Å². The van der Waals surface area contributed by atoms with Crippen molar-refractivity contribution in [3.8, 4) is 17.0 Å². The van der Waals surface area contributed by atoms with Crippen LogP contribution >= 0.6 is 0 Å². The quantitative estimate of drug-likeness (QED) is 0.462. The van der Waals surface area contributed by atoms with Crippen LogP contribution in [0, 0.1) is 13.8 Å². The summed E-state index contributed by atoms with van der Waals surface area (Å²) < 4.78 is 46.4. The first-order valence-corrected chi connectivity index (χ1v) is 11.1. The second kappa shape index (κ2) is 9.03. The minimum atomic E-state index is -4.40. The molecule has 35 heavy (non-hydrogen) atoms. The summed E-state index contributed by atoms with van der Waals surface area (Å²) in [4.78, 5) is 11.5. The summed E-state index contributed by atoms with van der Waals surface area (Å²) in [5.41, 5.74) is 1.71. The number of nitrogens with one attached hydrogen (secondary N) is 1. The lowest BCUT2D eigenvalue weighted by atomic mass is 9.85. The molecule has 0 aliphatic carbocycles. The molecule has 2 aromatic carbocycles. The van der Waals surface area contributed by atoms with Crippen LogP contribution < -0.4 is 10.1 Å². The summed E-state index contributed by atoms with van der Waals surface area (Å²) in [7, 11) is 3.61. The van der Waals surface area contributed by atoms with Crippen molar-refractivity contribution in [2.45, 2.75) is 51.9 Å². The van der Waals surface area contributed by atoms with Gasteiger partial charge in [-0.25, -0.2) is 4.79 Å². The molecule has 1 atom stereocenters. The fourth-order valence-corrected chi connectivity index (χ4v) is 4.21. The van der Waals surface area contributed by atoms with Gasteiger partial charge in [0.2, 0.25) is 0 Å². The number of benzene rings is 2. The largest absolute Gasteiger partial charge is 0.478 e. The van der Waals surface area contributed by atoms with Gasteiger partial charge in [0.05, 0.1) is 22.5 Å². The Bertz CT molecular complexity index is 1250. The van der Waals surface area contributed by atoms with E-state index in [-0.39, 0.29) is 0 Å². The fraction of sp³-hybridized carbons (Fsp3) is 0.385. The monoisotopic (exact) mass is 489 g/mol. The first kappa shape index (κ1) is 26.3. The number of ether oxygens (including phenoxy) is 1. The molecule has 0 aliphatic rings. The van der Waals surface area contributed by atoms with E-state index in [0.717, 1.165) is 34.5 Å². The third kappa shape index (κ3) is 4.91. The lowest BCUT2D eigenvalue weighted by Crippen LogP contribution is -2.40. The summed E-state index contributed by atoms with van der Waals surface area (Å²) in [6, 6.07) is 10.5. The molecular formula is C26H30F3N3O3. The summed E-state index contributed by atoms with van der Waals surface area (Å²) in [5.74, 6) is -0.603. The number of aromatic nitrogens is 2. The summed E-state index contributed by atoms with van der Waals surface area (Å²) in [5, 5.41) is 17.4. The smallest absolute Gasteiger partial charge is 0.416 e. The van der Waals surface area contributed by atoms with Gasteiger partial charge in [-0.1, -0.05) is 24.3 Å². The van der Waals surface area contributed by atoms with E-state index in [2.05, 4.69) is 10.4 Å². The lowest BCUT2D eigenvalue weighted by Gasteiger charge is -2.32. The predicted octanol–water partition coefficient (Wildman–Crippen LogP) is 5.45. The highest BCUT2D eigenvalue weighted by Crippen LogP contribution is 2.38. The molecule has 1 aromatic heterocycles. The number of hydrogen-bond acceptors (Lipinski definition) is 4. The van der Waals surface area contributed by atoms with Crippen LogP contribution in [0.4, 0.5) is 13.2 Å². The summed E-state index contributed by atoms with van der Waals surface area (Å²) >= 11 is 0. The van der Waals surface area contributed by atoms with Gasteiger partial charge in [0.15, 0.2) is 5.60 Å². The van der Waals surface area contributed by atoms with Gasteiger partial charge in [-0.05, 0) is 71.0 Å². The van der Waals surface area contributed by atoms with Crippen LogP contribution in [-0.4, -0.2) is 33.5 Å². The first-order chi connectivity index (χ1) is 16.1. The van der Waals surface area contributed by atoms with Gasteiger partial charge in [0, 0.05) is 18.2 Å². The van der Waals surface area contributed by atoms with E-state index in [9.17, 15) is 23.1 Å². The minimum absolute atomic E-state index is 0.465. The Labute approximate surface area is 202 Å². The number of carboxylic acids is 1. The Kier molecular flexibility index (Phi) is 6.78. The van der Waals surface area contributed by atoms with Gasteiger partial charge in [-0.2, -0.15) is 18.3 Å².